The number of ether oxygens (including phenoxy) is 1. The fourth-order valence-corrected chi connectivity index (χ4v) is 3.81. The van der Waals surface area contributed by atoms with E-state index in [1.54, 1.807) is 54.6 Å². The summed E-state index contributed by atoms with van der Waals surface area (Å²) in [6.45, 7) is 4.02. The monoisotopic (exact) mass is 366 g/mol. The average Bonchev–Trinajstić information content (AvgIpc) is 2.68. The molecule has 0 aliphatic carbocycles. The summed E-state index contributed by atoms with van der Waals surface area (Å²) >= 11 is 0. The fraction of sp³-hybridized carbons (Fsp3) is 0.0476. The van der Waals surface area contributed by atoms with E-state index in [1.807, 2.05) is 36.4 Å². The van der Waals surface area contributed by atoms with Crippen LogP contribution in [0.1, 0.15) is 0 Å². The molecule has 132 valence electrons. The molecule has 0 bridgehead atoms. The Bertz CT molecular complexity index is 831. The smallest absolute Gasteiger partial charge is 0.462 e. The molecule has 0 saturated carbocycles. The van der Waals surface area contributed by atoms with E-state index in [1.165, 1.54) is 0 Å². The quantitative estimate of drug-likeness (QED) is 0.405. The molecule has 0 aliphatic heterocycles. The summed E-state index contributed by atoms with van der Waals surface area (Å²) in [7, 11) is -3.64. The summed E-state index contributed by atoms with van der Waals surface area (Å²) in [5.41, 5.74) is 0. The van der Waals surface area contributed by atoms with Crippen LogP contribution in [0.2, 0.25) is 0 Å². The fourth-order valence-electron chi connectivity index (χ4n) is 2.24. The van der Waals surface area contributed by atoms with Crippen molar-refractivity contribution in [2.24, 2.45) is 0 Å². The van der Waals surface area contributed by atoms with Gasteiger partial charge in [-0.05, 0) is 48.5 Å². The molecule has 5 heteroatoms. The highest BCUT2D eigenvalue weighted by Crippen LogP contribution is 2.47. The summed E-state index contributed by atoms with van der Waals surface area (Å²) in [5.74, 6) is 1.59. The van der Waals surface area contributed by atoms with Crippen LogP contribution >= 0.6 is 7.60 Å². The normalized spacial score (nSPS) is 10.8. The summed E-state index contributed by atoms with van der Waals surface area (Å²) in [5, 5.41) is 0.441. The maximum atomic E-state index is 13.6. The van der Waals surface area contributed by atoms with Gasteiger partial charge in [0.15, 0.2) is 0 Å². The average molecular weight is 366 g/mol. The lowest BCUT2D eigenvalue weighted by atomic mass is 10.3. The number of para-hydroxylation sites is 2. The van der Waals surface area contributed by atoms with Crippen LogP contribution in [0, 0.1) is 0 Å². The van der Waals surface area contributed by atoms with Gasteiger partial charge in [0.05, 0.1) is 5.30 Å². The van der Waals surface area contributed by atoms with Gasteiger partial charge >= 0.3 is 7.60 Å². The van der Waals surface area contributed by atoms with Gasteiger partial charge < -0.3 is 13.8 Å². The molecule has 0 aromatic heterocycles. The summed E-state index contributed by atoms with van der Waals surface area (Å²) in [6, 6.07) is 24.8. The predicted molar refractivity (Wildman–Crippen MR) is 104 cm³/mol. The topological polar surface area (TPSA) is 44.8 Å². The third kappa shape index (κ3) is 4.56. The van der Waals surface area contributed by atoms with E-state index in [2.05, 4.69) is 6.58 Å². The molecule has 3 rings (SSSR count). The molecule has 26 heavy (non-hydrogen) atoms. The molecule has 0 unspecified atom stereocenters. The van der Waals surface area contributed by atoms with E-state index < -0.39 is 7.60 Å². The van der Waals surface area contributed by atoms with E-state index in [0.717, 1.165) is 0 Å². The Hall–Kier alpha value is -2.97. The Kier molecular flexibility index (Phi) is 5.77. The van der Waals surface area contributed by atoms with E-state index >= 15 is 0 Å². The minimum absolute atomic E-state index is 0.401. The van der Waals surface area contributed by atoms with Gasteiger partial charge in [-0.15, -0.1) is 0 Å². The number of benzene rings is 3. The zero-order valence-electron chi connectivity index (χ0n) is 14.2. The number of hydrogen-bond acceptors (Lipinski definition) is 4. The van der Waals surface area contributed by atoms with Crippen LogP contribution in [0.25, 0.3) is 0 Å². The molecule has 4 nitrogen and oxygen atoms in total. The van der Waals surface area contributed by atoms with Gasteiger partial charge in [0, 0.05) is 0 Å². The zero-order chi connectivity index (χ0) is 18.2. The molecule has 3 aromatic rings. The maximum absolute atomic E-state index is 13.6. The second-order valence-corrected chi connectivity index (χ2v) is 7.28. The molecule has 0 radical (unpaired) electrons. The first-order chi connectivity index (χ1) is 12.7. The van der Waals surface area contributed by atoms with E-state index in [0.29, 0.717) is 29.2 Å². The lowest BCUT2D eigenvalue weighted by Crippen LogP contribution is -2.14. The lowest BCUT2D eigenvalue weighted by molar-refractivity contribution is 0.363. The molecular formula is C21H19O4P. The van der Waals surface area contributed by atoms with Crippen molar-refractivity contribution in [3.63, 3.8) is 0 Å². The second kappa shape index (κ2) is 8.41. The number of rotatable bonds is 8. The molecular weight excluding hydrogens is 347 g/mol. The van der Waals surface area contributed by atoms with Crippen molar-refractivity contribution in [2.45, 2.75) is 0 Å². The highest BCUT2D eigenvalue weighted by Gasteiger charge is 2.31. The molecule has 0 amide bonds. The highest BCUT2D eigenvalue weighted by atomic mass is 31.2. The van der Waals surface area contributed by atoms with Gasteiger partial charge in [0.25, 0.3) is 0 Å². The number of hydrogen-bond donors (Lipinski definition) is 0. The van der Waals surface area contributed by atoms with E-state index in [9.17, 15) is 4.57 Å². The molecule has 0 fully saturated rings. The van der Waals surface area contributed by atoms with Gasteiger partial charge in [0.2, 0.25) is 0 Å². The molecule has 3 aromatic carbocycles. The third-order valence-electron chi connectivity index (χ3n) is 3.46. The Balaban J connectivity index is 1.91. The van der Waals surface area contributed by atoms with Crippen LogP contribution in [0.4, 0.5) is 0 Å². The minimum Gasteiger partial charge on any atom is -0.490 e. The summed E-state index contributed by atoms with van der Waals surface area (Å²) in [4.78, 5) is 0. The standard InChI is InChI=1S/C21H19O4P/c1-2-17-23-18-13-15-21(16-14-18)26(22,24-19-9-5-3-6-10-19)25-20-11-7-4-8-12-20/h2-16H,1,17H2. The van der Waals surface area contributed by atoms with Gasteiger partial charge in [-0.3, -0.25) is 0 Å². The van der Waals surface area contributed by atoms with Crippen molar-refractivity contribution < 1.29 is 18.3 Å². The Morgan fingerprint density at radius 3 is 1.69 bits per heavy atom. The van der Waals surface area contributed by atoms with Crippen LogP contribution in [0.3, 0.4) is 0 Å². The summed E-state index contributed by atoms with van der Waals surface area (Å²) in [6.07, 6.45) is 1.66. The van der Waals surface area contributed by atoms with Crippen LogP contribution < -0.4 is 19.1 Å². The van der Waals surface area contributed by atoms with Crippen molar-refractivity contribution in [3.8, 4) is 17.2 Å². The predicted octanol–water partition coefficient (Wildman–Crippen LogP) is 5.23. The van der Waals surface area contributed by atoms with Crippen LogP contribution in [0.15, 0.2) is 97.6 Å². The largest absolute Gasteiger partial charge is 0.490 e. The second-order valence-electron chi connectivity index (χ2n) is 5.40. The highest BCUT2D eigenvalue weighted by molar-refractivity contribution is 7.63. The van der Waals surface area contributed by atoms with Crippen molar-refractivity contribution in [1.82, 2.24) is 0 Å². The molecule has 0 N–H and O–H groups in total. The minimum atomic E-state index is -3.64. The first-order valence-corrected chi connectivity index (χ1v) is 9.67. The van der Waals surface area contributed by atoms with Gasteiger partial charge in [-0.25, -0.2) is 4.57 Å². The molecule has 0 heterocycles. The Labute approximate surface area is 153 Å². The first kappa shape index (κ1) is 17.8. The van der Waals surface area contributed by atoms with Gasteiger partial charge in [-0.1, -0.05) is 49.1 Å². The van der Waals surface area contributed by atoms with E-state index in [4.69, 9.17) is 13.8 Å². The molecule has 0 saturated heterocycles. The molecule has 0 aliphatic rings. The van der Waals surface area contributed by atoms with Gasteiger partial charge in [-0.2, -0.15) is 0 Å². The molecule has 0 spiro atoms. The van der Waals surface area contributed by atoms with Crippen LogP contribution in [-0.4, -0.2) is 6.61 Å². The van der Waals surface area contributed by atoms with Gasteiger partial charge in [0.1, 0.15) is 23.9 Å². The van der Waals surface area contributed by atoms with E-state index in [-0.39, 0.29) is 0 Å². The first-order valence-electron chi connectivity index (χ1n) is 8.13. The maximum Gasteiger partial charge on any atom is 0.462 e. The lowest BCUT2D eigenvalue weighted by Gasteiger charge is -2.20. The van der Waals surface area contributed by atoms with Crippen LogP contribution in [0.5, 0.6) is 17.2 Å². The van der Waals surface area contributed by atoms with Crippen molar-refractivity contribution in [2.75, 3.05) is 6.61 Å². The van der Waals surface area contributed by atoms with Crippen molar-refractivity contribution in [1.29, 1.82) is 0 Å². The Morgan fingerprint density at radius 2 is 1.23 bits per heavy atom. The third-order valence-corrected chi connectivity index (χ3v) is 5.29. The van der Waals surface area contributed by atoms with Crippen LogP contribution in [-0.2, 0) is 4.57 Å². The van der Waals surface area contributed by atoms with Crippen molar-refractivity contribution in [3.05, 3.63) is 97.6 Å². The Morgan fingerprint density at radius 1 is 0.731 bits per heavy atom. The summed E-state index contributed by atoms with van der Waals surface area (Å²) < 4.78 is 30.6. The zero-order valence-corrected chi connectivity index (χ0v) is 15.0. The molecule has 0 atom stereocenters. The van der Waals surface area contributed by atoms with Crippen molar-refractivity contribution >= 4 is 12.9 Å². The SMILES string of the molecule is C=CCOc1ccc(P(=O)(Oc2ccccc2)Oc2ccccc2)cc1.